The van der Waals surface area contributed by atoms with E-state index in [9.17, 15) is 9.59 Å². The van der Waals surface area contributed by atoms with E-state index in [4.69, 9.17) is 13.9 Å². The lowest BCUT2D eigenvalue weighted by atomic mass is 10.1. The first kappa shape index (κ1) is 17.1. The number of carbonyl (C=O) groups excluding carboxylic acids is 2. The lowest BCUT2D eigenvalue weighted by Gasteiger charge is -2.02. The van der Waals surface area contributed by atoms with Gasteiger partial charge in [0.05, 0.1) is 13.2 Å². The fraction of sp³-hybridized carbons (Fsp3) is 0.235. The third-order valence-electron chi connectivity index (χ3n) is 3.40. The second kappa shape index (κ2) is 7.45. The first-order chi connectivity index (χ1) is 12.1. The highest BCUT2D eigenvalue weighted by Crippen LogP contribution is 2.27. The van der Waals surface area contributed by atoms with Crippen molar-refractivity contribution in [3.63, 3.8) is 0 Å². The quantitative estimate of drug-likeness (QED) is 0.677. The highest BCUT2D eigenvalue weighted by molar-refractivity contribution is 7.14. The average Bonchev–Trinajstić information content (AvgIpc) is 3.21. The molecule has 1 amide bonds. The summed E-state index contributed by atoms with van der Waals surface area (Å²) < 4.78 is 15.7. The lowest BCUT2D eigenvalue weighted by molar-refractivity contribution is 0.0520. The topological polar surface area (TPSA) is 90.7 Å². The number of hydrogen-bond donors (Lipinski definition) is 1. The fourth-order valence-corrected chi connectivity index (χ4v) is 3.03. The van der Waals surface area contributed by atoms with Crippen LogP contribution in [0.3, 0.4) is 0 Å². The zero-order chi connectivity index (χ0) is 17.8. The van der Waals surface area contributed by atoms with Crippen molar-refractivity contribution in [2.45, 2.75) is 13.5 Å². The van der Waals surface area contributed by atoms with Crippen molar-refractivity contribution >= 4 is 39.3 Å². The van der Waals surface area contributed by atoms with Gasteiger partial charge in [0.2, 0.25) is 0 Å². The minimum Gasteiger partial charge on any atom is -0.461 e. The van der Waals surface area contributed by atoms with Crippen molar-refractivity contribution in [2.75, 3.05) is 19.0 Å². The Hall–Kier alpha value is -2.71. The van der Waals surface area contributed by atoms with Crippen LogP contribution in [0.4, 0.5) is 5.13 Å². The second-order valence-corrected chi connectivity index (χ2v) is 5.91. The van der Waals surface area contributed by atoms with E-state index in [1.807, 2.05) is 18.2 Å². The van der Waals surface area contributed by atoms with Gasteiger partial charge in [0.25, 0.3) is 5.91 Å². The molecule has 7 nitrogen and oxygen atoms in total. The summed E-state index contributed by atoms with van der Waals surface area (Å²) in [6.45, 7) is 2.22. The number of ether oxygens (including phenoxy) is 2. The Morgan fingerprint density at radius 3 is 2.88 bits per heavy atom. The number of aromatic nitrogens is 1. The average molecular weight is 360 g/mol. The van der Waals surface area contributed by atoms with Crippen molar-refractivity contribution in [3.05, 3.63) is 46.7 Å². The molecule has 3 aromatic rings. The van der Waals surface area contributed by atoms with Gasteiger partial charge in [0.1, 0.15) is 5.58 Å². The van der Waals surface area contributed by atoms with Crippen LogP contribution in [0, 0.1) is 0 Å². The zero-order valence-electron chi connectivity index (χ0n) is 13.7. The zero-order valence-corrected chi connectivity index (χ0v) is 14.5. The minimum atomic E-state index is -0.525. The summed E-state index contributed by atoms with van der Waals surface area (Å²) in [4.78, 5) is 28.3. The Bertz CT molecular complexity index is 915. The maximum Gasteiger partial charge on any atom is 0.357 e. The number of benzene rings is 1. The Labute approximate surface area is 147 Å². The van der Waals surface area contributed by atoms with E-state index in [0.717, 1.165) is 16.7 Å². The van der Waals surface area contributed by atoms with Crippen LogP contribution in [-0.2, 0) is 16.1 Å². The molecule has 0 aliphatic carbocycles. The molecule has 0 spiro atoms. The Kier molecular flexibility index (Phi) is 5.11. The number of anilines is 1. The second-order valence-electron chi connectivity index (χ2n) is 5.05. The smallest absolute Gasteiger partial charge is 0.357 e. The normalized spacial score (nSPS) is 10.8. The fourth-order valence-electron chi connectivity index (χ4n) is 2.35. The van der Waals surface area contributed by atoms with Crippen LogP contribution in [0.2, 0.25) is 0 Å². The standard InChI is InChI=1S/C17H16N2O5S/c1-3-23-16(21)12-9-25-17(18-12)19-15(20)14-11(8-22-2)10-6-4-5-7-13(10)24-14/h4-7,9H,3,8H2,1-2H3,(H,18,19,20). The molecule has 0 atom stereocenters. The molecule has 0 aliphatic rings. The maximum atomic E-state index is 12.6. The molecule has 1 N–H and O–H groups in total. The molecular formula is C17H16N2O5S. The number of methoxy groups -OCH3 is 1. The number of nitrogens with one attached hydrogen (secondary N) is 1. The van der Waals surface area contributed by atoms with Gasteiger partial charge in [-0.2, -0.15) is 0 Å². The molecular weight excluding hydrogens is 344 g/mol. The molecule has 0 saturated heterocycles. The molecule has 1 aromatic carbocycles. The Balaban J connectivity index is 1.85. The summed E-state index contributed by atoms with van der Waals surface area (Å²) in [6, 6.07) is 7.35. The number of thiazole rings is 1. The number of rotatable bonds is 6. The molecule has 0 radical (unpaired) electrons. The first-order valence-corrected chi connectivity index (χ1v) is 8.45. The van der Waals surface area contributed by atoms with E-state index in [1.54, 1.807) is 20.1 Å². The van der Waals surface area contributed by atoms with E-state index in [0.29, 0.717) is 11.1 Å². The van der Waals surface area contributed by atoms with Gasteiger partial charge >= 0.3 is 5.97 Å². The van der Waals surface area contributed by atoms with Crippen LogP contribution >= 0.6 is 11.3 Å². The predicted molar refractivity (Wildman–Crippen MR) is 93.0 cm³/mol. The molecule has 0 aliphatic heterocycles. The maximum absolute atomic E-state index is 12.6. The van der Waals surface area contributed by atoms with Gasteiger partial charge in [0, 0.05) is 23.4 Å². The number of para-hydroxylation sites is 1. The molecule has 130 valence electrons. The molecule has 0 saturated carbocycles. The van der Waals surface area contributed by atoms with Crippen LogP contribution in [-0.4, -0.2) is 30.6 Å². The molecule has 0 unspecified atom stereocenters. The number of fused-ring (bicyclic) bond motifs is 1. The highest BCUT2D eigenvalue weighted by Gasteiger charge is 2.22. The SMILES string of the molecule is CCOC(=O)c1csc(NC(=O)c2oc3ccccc3c2COC)n1. The first-order valence-electron chi connectivity index (χ1n) is 7.57. The monoisotopic (exact) mass is 360 g/mol. The van der Waals surface area contributed by atoms with Gasteiger partial charge < -0.3 is 13.9 Å². The minimum absolute atomic E-state index is 0.156. The third-order valence-corrected chi connectivity index (χ3v) is 4.16. The van der Waals surface area contributed by atoms with Gasteiger partial charge in [-0.25, -0.2) is 9.78 Å². The molecule has 2 aromatic heterocycles. The largest absolute Gasteiger partial charge is 0.461 e. The van der Waals surface area contributed by atoms with Gasteiger partial charge in [-0.3, -0.25) is 10.1 Å². The van der Waals surface area contributed by atoms with Crippen molar-refractivity contribution in [2.24, 2.45) is 0 Å². The van der Waals surface area contributed by atoms with Crippen molar-refractivity contribution < 1.29 is 23.5 Å². The van der Waals surface area contributed by atoms with E-state index in [1.165, 1.54) is 5.38 Å². The summed E-state index contributed by atoms with van der Waals surface area (Å²) >= 11 is 1.14. The van der Waals surface area contributed by atoms with Crippen molar-refractivity contribution in [3.8, 4) is 0 Å². The van der Waals surface area contributed by atoms with E-state index in [-0.39, 0.29) is 29.8 Å². The number of esters is 1. The highest BCUT2D eigenvalue weighted by atomic mass is 32.1. The number of hydrogen-bond acceptors (Lipinski definition) is 7. The summed E-state index contributed by atoms with van der Waals surface area (Å²) in [6.07, 6.45) is 0. The van der Waals surface area contributed by atoms with E-state index < -0.39 is 11.9 Å². The molecule has 25 heavy (non-hydrogen) atoms. The number of furan rings is 1. The van der Waals surface area contributed by atoms with Crippen LogP contribution in [0.15, 0.2) is 34.1 Å². The van der Waals surface area contributed by atoms with Gasteiger partial charge in [-0.1, -0.05) is 18.2 Å². The van der Waals surface area contributed by atoms with E-state index in [2.05, 4.69) is 10.3 Å². The molecule has 2 heterocycles. The summed E-state index contributed by atoms with van der Waals surface area (Å²) in [7, 11) is 1.55. The van der Waals surface area contributed by atoms with Crippen LogP contribution in [0.25, 0.3) is 11.0 Å². The van der Waals surface area contributed by atoms with Crippen molar-refractivity contribution in [1.29, 1.82) is 0 Å². The number of amides is 1. The van der Waals surface area contributed by atoms with Crippen LogP contribution < -0.4 is 5.32 Å². The lowest BCUT2D eigenvalue weighted by Crippen LogP contribution is -2.13. The number of carbonyl (C=O) groups is 2. The van der Waals surface area contributed by atoms with Gasteiger partial charge in [-0.05, 0) is 13.0 Å². The van der Waals surface area contributed by atoms with Crippen LogP contribution in [0.1, 0.15) is 33.5 Å². The van der Waals surface area contributed by atoms with Gasteiger partial charge in [-0.15, -0.1) is 11.3 Å². The summed E-state index contributed by atoms with van der Waals surface area (Å²) in [5.74, 6) is -0.813. The Morgan fingerprint density at radius 2 is 2.12 bits per heavy atom. The molecule has 3 rings (SSSR count). The van der Waals surface area contributed by atoms with Crippen LogP contribution in [0.5, 0.6) is 0 Å². The number of nitrogens with zero attached hydrogens (tertiary/aromatic N) is 1. The third kappa shape index (κ3) is 3.54. The summed E-state index contributed by atoms with van der Waals surface area (Å²) in [5.41, 5.74) is 1.42. The summed E-state index contributed by atoms with van der Waals surface area (Å²) in [5, 5.41) is 5.29. The molecule has 0 fully saturated rings. The van der Waals surface area contributed by atoms with Gasteiger partial charge in [0.15, 0.2) is 16.6 Å². The molecule has 0 bridgehead atoms. The van der Waals surface area contributed by atoms with E-state index >= 15 is 0 Å². The predicted octanol–water partition coefficient (Wildman–Crippen LogP) is 3.46. The van der Waals surface area contributed by atoms with Crippen molar-refractivity contribution in [1.82, 2.24) is 4.98 Å². The molecule has 8 heteroatoms. The Morgan fingerprint density at radius 1 is 1.32 bits per heavy atom.